The molecule has 0 aliphatic rings. The topological polar surface area (TPSA) is 67.4 Å². The Bertz CT molecular complexity index is 755. The van der Waals surface area contributed by atoms with Gasteiger partial charge >= 0.3 is 0 Å². The molecule has 0 aliphatic heterocycles. The first-order valence-electron chi connectivity index (χ1n) is 8.84. The van der Waals surface area contributed by atoms with E-state index in [0.717, 1.165) is 29.7 Å². The Morgan fingerprint density at radius 3 is 2.69 bits per heavy atom. The minimum atomic E-state index is -0.206. The van der Waals surface area contributed by atoms with Crippen molar-refractivity contribution >= 4 is 28.8 Å². The summed E-state index contributed by atoms with van der Waals surface area (Å²) in [6.45, 7) is 4.69. The third-order valence-electron chi connectivity index (χ3n) is 3.92. The zero-order valence-electron chi connectivity index (χ0n) is 15.6. The largest absolute Gasteiger partial charge is 0.375 e. The first-order valence-corrected chi connectivity index (χ1v) is 9.66. The van der Waals surface area contributed by atoms with Crippen molar-refractivity contribution < 1.29 is 14.3 Å². The number of ether oxygens (including phenoxy) is 1. The predicted octanol–water partition coefficient (Wildman–Crippen LogP) is 3.78. The fraction of sp³-hybridized carbons (Fsp3) is 0.400. The molecule has 6 heteroatoms. The van der Waals surface area contributed by atoms with Crippen LogP contribution >= 0.6 is 11.3 Å². The second kappa shape index (κ2) is 10.1. The first kappa shape index (κ1) is 20.1. The maximum atomic E-state index is 12.5. The minimum absolute atomic E-state index is 0.0131. The molecule has 1 heterocycles. The van der Waals surface area contributed by atoms with Crippen molar-refractivity contribution in [2.45, 2.75) is 39.7 Å². The number of hydrogen-bond acceptors (Lipinski definition) is 4. The Labute approximate surface area is 158 Å². The van der Waals surface area contributed by atoms with Crippen molar-refractivity contribution in [1.82, 2.24) is 5.32 Å². The minimum Gasteiger partial charge on any atom is -0.375 e. The van der Waals surface area contributed by atoms with Gasteiger partial charge in [0.05, 0.1) is 4.88 Å². The Morgan fingerprint density at radius 1 is 1.19 bits per heavy atom. The fourth-order valence-electron chi connectivity index (χ4n) is 2.67. The normalized spacial score (nSPS) is 10.6. The third-order valence-corrected chi connectivity index (χ3v) is 5.15. The highest BCUT2D eigenvalue weighted by Gasteiger charge is 2.13. The number of thiophene rings is 1. The molecule has 0 fully saturated rings. The molecule has 26 heavy (non-hydrogen) atoms. The van der Waals surface area contributed by atoms with Gasteiger partial charge in [-0.2, -0.15) is 0 Å². The summed E-state index contributed by atoms with van der Waals surface area (Å²) in [7, 11) is 1.48. The number of anilines is 1. The van der Waals surface area contributed by atoms with Crippen LogP contribution in [0.5, 0.6) is 0 Å². The van der Waals surface area contributed by atoms with Crippen molar-refractivity contribution in [3.63, 3.8) is 0 Å². The van der Waals surface area contributed by atoms with Gasteiger partial charge in [0.15, 0.2) is 0 Å². The maximum absolute atomic E-state index is 12.5. The Morgan fingerprint density at radius 2 is 2.00 bits per heavy atom. The standard InChI is InChI=1S/C20H26N2O3S/c1-4-7-17-15(5-2)11-18(26-17)20(24)21-12-14-8-6-9-16(10-14)22-19(23)13-25-3/h6,8-11H,4-5,7,12-13H2,1-3H3,(H,21,24)(H,22,23). The molecule has 0 saturated heterocycles. The summed E-state index contributed by atoms with van der Waals surface area (Å²) in [4.78, 5) is 26.1. The van der Waals surface area contributed by atoms with Crippen LogP contribution in [0.4, 0.5) is 5.69 Å². The average Bonchev–Trinajstić information content (AvgIpc) is 3.03. The van der Waals surface area contributed by atoms with E-state index in [-0.39, 0.29) is 18.4 Å². The highest BCUT2D eigenvalue weighted by atomic mass is 32.1. The summed E-state index contributed by atoms with van der Waals surface area (Å²) < 4.78 is 4.80. The van der Waals surface area contributed by atoms with Gasteiger partial charge in [-0.3, -0.25) is 9.59 Å². The van der Waals surface area contributed by atoms with Crippen LogP contribution in [-0.2, 0) is 28.9 Å². The van der Waals surface area contributed by atoms with Crippen LogP contribution in [0.1, 0.15) is 45.9 Å². The second-order valence-electron chi connectivity index (χ2n) is 6.03. The summed E-state index contributed by atoms with van der Waals surface area (Å²) in [5.74, 6) is -0.260. The Balaban J connectivity index is 1.98. The Kier molecular flexibility index (Phi) is 7.81. The van der Waals surface area contributed by atoms with Crippen LogP contribution in [0.25, 0.3) is 0 Å². The van der Waals surface area contributed by atoms with E-state index in [9.17, 15) is 9.59 Å². The summed E-state index contributed by atoms with van der Waals surface area (Å²) in [6, 6.07) is 9.43. The van der Waals surface area contributed by atoms with Crippen molar-refractivity contribution in [1.29, 1.82) is 0 Å². The number of nitrogens with one attached hydrogen (secondary N) is 2. The molecule has 1 aromatic carbocycles. The number of aryl methyl sites for hydroxylation is 2. The molecule has 2 N–H and O–H groups in total. The molecule has 140 valence electrons. The molecule has 0 bridgehead atoms. The molecule has 0 radical (unpaired) electrons. The van der Waals surface area contributed by atoms with Gasteiger partial charge in [-0.05, 0) is 42.2 Å². The quantitative estimate of drug-likeness (QED) is 0.702. The second-order valence-corrected chi connectivity index (χ2v) is 7.16. The van der Waals surface area contributed by atoms with Crippen molar-refractivity contribution in [2.75, 3.05) is 19.0 Å². The van der Waals surface area contributed by atoms with Crippen LogP contribution in [0, 0.1) is 0 Å². The molecule has 0 unspecified atom stereocenters. The number of carbonyl (C=O) groups excluding carboxylic acids is 2. The molecule has 2 rings (SSSR count). The van der Waals surface area contributed by atoms with Gasteiger partial charge in [-0.15, -0.1) is 11.3 Å². The predicted molar refractivity (Wildman–Crippen MR) is 106 cm³/mol. The van der Waals surface area contributed by atoms with E-state index in [1.165, 1.54) is 17.6 Å². The lowest BCUT2D eigenvalue weighted by atomic mass is 10.1. The van der Waals surface area contributed by atoms with E-state index in [1.807, 2.05) is 30.3 Å². The van der Waals surface area contributed by atoms with Gasteiger partial charge in [0.1, 0.15) is 6.61 Å². The summed E-state index contributed by atoms with van der Waals surface area (Å²) in [5, 5.41) is 5.72. The zero-order valence-corrected chi connectivity index (χ0v) is 16.4. The first-order chi connectivity index (χ1) is 12.6. The third kappa shape index (κ3) is 5.68. The van der Waals surface area contributed by atoms with E-state index in [0.29, 0.717) is 12.2 Å². The van der Waals surface area contributed by atoms with E-state index in [4.69, 9.17) is 4.74 Å². The molecule has 0 aliphatic carbocycles. The van der Waals surface area contributed by atoms with Crippen LogP contribution in [0.2, 0.25) is 0 Å². The van der Waals surface area contributed by atoms with Gasteiger partial charge in [-0.1, -0.05) is 32.4 Å². The van der Waals surface area contributed by atoms with E-state index in [2.05, 4.69) is 24.5 Å². The summed E-state index contributed by atoms with van der Waals surface area (Å²) >= 11 is 1.59. The van der Waals surface area contributed by atoms with Crippen molar-refractivity contribution in [2.24, 2.45) is 0 Å². The molecule has 0 atom stereocenters. The monoisotopic (exact) mass is 374 g/mol. The number of rotatable bonds is 9. The van der Waals surface area contributed by atoms with Gasteiger partial charge in [0, 0.05) is 24.2 Å². The molecule has 0 spiro atoms. The zero-order chi connectivity index (χ0) is 18.9. The van der Waals surface area contributed by atoms with Gasteiger partial charge < -0.3 is 15.4 Å². The van der Waals surface area contributed by atoms with Crippen LogP contribution in [0.3, 0.4) is 0 Å². The lowest BCUT2D eigenvalue weighted by Crippen LogP contribution is -2.22. The summed E-state index contributed by atoms with van der Waals surface area (Å²) in [6.07, 6.45) is 3.04. The molecule has 2 aromatic rings. The molecular weight excluding hydrogens is 348 g/mol. The number of carbonyl (C=O) groups is 2. The molecular formula is C20H26N2O3S. The number of amides is 2. The molecule has 2 amide bonds. The SMILES string of the molecule is CCCc1sc(C(=O)NCc2cccc(NC(=O)COC)c2)cc1CC. The number of benzene rings is 1. The van der Waals surface area contributed by atoms with Crippen LogP contribution in [-0.4, -0.2) is 25.5 Å². The highest BCUT2D eigenvalue weighted by Crippen LogP contribution is 2.24. The highest BCUT2D eigenvalue weighted by molar-refractivity contribution is 7.14. The van der Waals surface area contributed by atoms with Crippen LogP contribution in [0.15, 0.2) is 30.3 Å². The van der Waals surface area contributed by atoms with E-state index in [1.54, 1.807) is 11.3 Å². The smallest absolute Gasteiger partial charge is 0.261 e. The average molecular weight is 375 g/mol. The number of hydrogen-bond donors (Lipinski definition) is 2. The fourth-order valence-corrected chi connectivity index (χ4v) is 3.94. The van der Waals surface area contributed by atoms with Gasteiger partial charge in [-0.25, -0.2) is 0 Å². The molecule has 1 aromatic heterocycles. The van der Waals surface area contributed by atoms with Gasteiger partial charge in [0.25, 0.3) is 5.91 Å². The lowest BCUT2D eigenvalue weighted by Gasteiger charge is -2.08. The van der Waals surface area contributed by atoms with Crippen molar-refractivity contribution in [3.05, 3.63) is 51.2 Å². The van der Waals surface area contributed by atoms with E-state index >= 15 is 0 Å². The Hall–Kier alpha value is -2.18. The summed E-state index contributed by atoms with van der Waals surface area (Å²) in [5.41, 5.74) is 2.88. The van der Waals surface area contributed by atoms with Crippen molar-refractivity contribution in [3.8, 4) is 0 Å². The van der Waals surface area contributed by atoms with E-state index < -0.39 is 0 Å². The van der Waals surface area contributed by atoms with Crippen LogP contribution < -0.4 is 10.6 Å². The molecule has 5 nitrogen and oxygen atoms in total. The molecule has 0 saturated carbocycles. The number of methoxy groups -OCH3 is 1. The van der Waals surface area contributed by atoms with Gasteiger partial charge in [0.2, 0.25) is 5.91 Å². The maximum Gasteiger partial charge on any atom is 0.261 e. The lowest BCUT2D eigenvalue weighted by molar-refractivity contribution is -0.119.